The van der Waals surface area contributed by atoms with Crippen LogP contribution in [0, 0.1) is 0 Å². The molecule has 1 atom stereocenters. The summed E-state index contributed by atoms with van der Waals surface area (Å²) >= 11 is 12.1. The van der Waals surface area contributed by atoms with Gasteiger partial charge in [-0.3, -0.25) is 19.0 Å². The second kappa shape index (κ2) is 11.3. The van der Waals surface area contributed by atoms with Crippen LogP contribution < -0.4 is 5.56 Å². The lowest BCUT2D eigenvalue weighted by Crippen LogP contribution is -2.49. The number of hydrogen-bond donors (Lipinski definition) is 0. The Bertz CT molecular complexity index is 1460. The highest BCUT2D eigenvalue weighted by molar-refractivity contribution is 6.42. The van der Waals surface area contributed by atoms with Crippen LogP contribution in [0.4, 0.5) is 0 Å². The standard InChI is InChI=1S/C29H32Cl2N4O4/c1-29(10-3-13-39-29)28(38)34-11-8-20(9-12-34)21-5-7-25-22(15-21)27(37)35(18-32-25)17-26(36)33(2)16-19-4-6-23(30)24(31)14-19/h4-7,14-15,18,20H,3,8-13,16-17H2,1-2H3. The molecule has 3 heterocycles. The molecule has 0 radical (unpaired) electrons. The van der Waals surface area contributed by atoms with Crippen LogP contribution in [0.25, 0.3) is 10.9 Å². The fraction of sp³-hybridized carbons (Fsp3) is 0.448. The Morgan fingerprint density at radius 2 is 1.90 bits per heavy atom. The summed E-state index contributed by atoms with van der Waals surface area (Å²) in [5, 5.41) is 1.37. The molecular formula is C29H32Cl2N4O4. The number of benzene rings is 2. The van der Waals surface area contributed by atoms with E-state index in [1.54, 1.807) is 24.1 Å². The highest BCUT2D eigenvalue weighted by atomic mass is 35.5. The summed E-state index contributed by atoms with van der Waals surface area (Å²) in [6.07, 6.45) is 4.74. The molecule has 3 aromatic rings. The molecule has 0 aliphatic carbocycles. The second-order valence-corrected chi connectivity index (χ2v) is 11.5. The third-order valence-corrected chi connectivity index (χ3v) is 8.65. The van der Waals surface area contributed by atoms with Crippen LogP contribution in [0.1, 0.15) is 49.7 Å². The third-order valence-electron chi connectivity index (χ3n) is 7.91. The van der Waals surface area contributed by atoms with Crippen molar-refractivity contribution in [2.75, 3.05) is 26.7 Å². The molecule has 8 nitrogen and oxygen atoms in total. The zero-order chi connectivity index (χ0) is 27.7. The van der Waals surface area contributed by atoms with Crippen LogP contribution in [0.2, 0.25) is 10.0 Å². The Morgan fingerprint density at radius 3 is 2.59 bits per heavy atom. The second-order valence-electron chi connectivity index (χ2n) is 10.7. The highest BCUT2D eigenvalue weighted by Crippen LogP contribution is 2.33. The summed E-state index contributed by atoms with van der Waals surface area (Å²) in [5.41, 5.74) is 1.54. The summed E-state index contributed by atoms with van der Waals surface area (Å²) < 4.78 is 7.10. The number of amides is 2. The highest BCUT2D eigenvalue weighted by Gasteiger charge is 2.41. The fourth-order valence-corrected chi connectivity index (χ4v) is 5.83. The minimum atomic E-state index is -0.695. The van der Waals surface area contributed by atoms with Gasteiger partial charge in [-0.25, -0.2) is 4.98 Å². The number of aromatic nitrogens is 2. The fourth-order valence-electron chi connectivity index (χ4n) is 5.51. The largest absolute Gasteiger partial charge is 0.365 e. The zero-order valence-electron chi connectivity index (χ0n) is 22.2. The molecule has 2 aliphatic rings. The summed E-state index contributed by atoms with van der Waals surface area (Å²) in [4.78, 5) is 47.1. The molecule has 2 saturated heterocycles. The molecule has 0 spiro atoms. The molecule has 2 aromatic carbocycles. The van der Waals surface area contributed by atoms with Gasteiger partial charge in [-0.2, -0.15) is 0 Å². The van der Waals surface area contributed by atoms with Crippen molar-refractivity contribution in [2.24, 2.45) is 0 Å². The third kappa shape index (κ3) is 5.83. The number of nitrogens with zero attached hydrogens (tertiary/aromatic N) is 4. The molecule has 39 heavy (non-hydrogen) atoms. The van der Waals surface area contributed by atoms with Gasteiger partial charge in [0.25, 0.3) is 11.5 Å². The van der Waals surface area contributed by atoms with Crippen molar-refractivity contribution >= 4 is 45.9 Å². The van der Waals surface area contributed by atoms with E-state index in [9.17, 15) is 14.4 Å². The predicted octanol–water partition coefficient (Wildman–Crippen LogP) is 4.64. The van der Waals surface area contributed by atoms with Gasteiger partial charge >= 0.3 is 0 Å². The smallest absolute Gasteiger partial charge is 0.261 e. The lowest BCUT2D eigenvalue weighted by molar-refractivity contribution is -0.152. The normalized spacial score (nSPS) is 19.9. The summed E-state index contributed by atoms with van der Waals surface area (Å²) in [6.45, 7) is 4.08. The van der Waals surface area contributed by atoms with Crippen LogP contribution in [0.3, 0.4) is 0 Å². The summed E-state index contributed by atoms with van der Waals surface area (Å²) in [5.74, 6) is 0.0954. The Morgan fingerprint density at radius 1 is 1.13 bits per heavy atom. The number of ether oxygens (including phenoxy) is 1. The van der Waals surface area contributed by atoms with Gasteiger partial charge in [0.1, 0.15) is 12.1 Å². The van der Waals surface area contributed by atoms with E-state index in [4.69, 9.17) is 27.9 Å². The molecule has 10 heteroatoms. The van der Waals surface area contributed by atoms with Gasteiger partial charge in [0.15, 0.2) is 0 Å². The number of hydrogen-bond acceptors (Lipinski definition) is 5. The maximum Gasteiger partial charge on any atom is 0.261 e. The van der Waals surface area contributed by atoms with Crippen LogP contribution in [0.5, 0.6) is 0 Å². The quantitative estimate of drug-likeness (QED) is 0.431. The molecule has 0 saturated carbocycles. The molecular weight excluding hydrogens is 539 g/mol. The molecule has 1 unspecified atom stereocenters. The van der Waals surface area contributed by atoms with Gasteiger partial charge in [-0.1, -0.05) is 35.3 Å². The number of likely N-dealkylation sites (tertiary alicyclic amines) is 1. The molecule has 2 aliphatic heterocycles. The maximum atomic E-state index is 13.3. The van der Waals surface area contributed by atoms with Crippen molar-refractivity contribution in [3.05, 3.63) is 74.3 Å². The predicted molar refractivity (Wildman–Crippen MR) is 151 cm³/mol. The average molecular weight is 572 g/mol. The Labute approximate surface area is 237 Å². The number of likely N-dealkylation sites (N-methyl/N-ethyl adjacent to an activating group) is 1. The van der Waals surface area contributed by atoms with Gasteiger partial charge in [-0.05, 0) is 73.9 Å². The van der Waals surface area contributed by atoms with Crippen LogP contribution >= 0.6 is 23.2 Å². The number of rotatable bonds is 6. The van der Waals surface area contributed by atoms with Crippen LogP contribution in [-0.4, -0.2) is 63.5 Å². The van der Waals surface area contributed by atoms with Crippen LogP contribution in [-0.2, 0) is 27.4 Å². The SMILES string of the molecule is CN(Cc1ccc(Cl)c(Cl)c1)C(=O)Cn1cnc2ccc(C3CCN(C(=O)C4(C)CCCO4)CC3)cc2c1=O. The Kier molecular flexibility index (Phi) is 7.99. The van der Waals surface area contributed by atoms with E-state index in [-0.39, 0.29) is 29.8 Å². The Balaban J connectivity index is 1.26. The zero-order valence-corrected chi connectivity index (χ0v) is 23.7. The number of piperidine rings is 1. The summed E-state index contributed by atoms with van der Waals surface area (Å²) in [7, 11) is 1.68. The van der Waals surface area contributed by atoms with Gasteiger partial charge in [0.2, 0.25) is 5.91 Å². The van der Waals surface area contributed by atoms with Crippen LogP contribution in [0.15, 0.2) is 47.5 Å². The van der Waals surface area contributed by atoms with Gasteiger partial charge in [-0.15, -0.1) is 0 Å². The van der Waals surface area contributed by atoms with E-state index in [1.165, 1.54) is 10.9 Å². The van der Waals surface area contributed by atoms with Crippen molar-refractivity contribution < 1.29 is 14.3 Å². The van der Waals surface area contributed by atoms with E-state index in [1.807, 2.05) is 36.1 Å². The molecule has 0 bridgehead atoms. The monoisotopic (exact) mass is 570 g/mol. The van der Waals surface area contributed by atoms with Crippen molar-refractivity contribution in [2.45, 2.75) is 57.2 Å². The lowest BCUT2D eigenvalue weighted by atomic mass is 9.88. The first kappa shape index (κ1) is 27.6. The maximum absolute atomic E-state index is 13.3. The minimum Gasteiger partial charge on any atom is -0.365 e. The molecule has 1 aromatic heterocycles. The van der Waals surface area contributed by atoms with E-state index >= 15 is 0 Å². The lowest BCUT2D eigenvalue weighted by Gasteiger charge is -2.36. The Hall–Kier alpha value is -2.94. The first-order valence-electron chi connectivity index (χ1n) is 13.2. The van der Waals surface area contributed by atoms with E-state index in [0.717, 1.165) is 36.8 Å². The minimum absolute atomic E-state index is 0.0813. The number of carbonyl (C=O) groups is 2. The van der Waals surface area contributed by atoms with Crippen molar-refractivity contribution in [1.82, 2.24) is 19.4 Å². The van der Waals surface area contributed by atoms with Gasteiger partial charge in [0, 0.05) is 33.3 Å². The van der Waals surface area contributed by atoms with E-state index in [0.29, 0.717) is 47.2 Å². The number of fused-ring (bicyclic) bond motifs is 1. The van der Waals surface area contributed by atoms with Crippen molar-refractivity contribution in [3.8, 4) is 0 Å². The number of carbonyl (C=O) groups excluding carboxylic acids is 2. The molecule has 5 rings (SSSR count). The van der Waals surface area contributed by atoms with Crippen molar-refractivity contribution in [3.63, 3.8) is 0 Å². The molecule has 2 amide bonds. The van der Waals surface area contributed by atoms with Gasteiger partial charge in [0.05, 0.1) is 27.3 Å². The average Bonchev–Trinajstić information content (AvgIpc) is 3.39. The number of halogens is 2. The molecule has 0 N–H and O–H groups in total. The molecule has 206 valence electrons. The first-order valence-corrected chi connectivity index (χ1v) is 14.0. The van der Waals surface area contributed by atoms with E-state index < -0.39 is 5.60 Å². The van der Waals surface area contributed by atoms with E-state index in [2.05, 4.69) is 4.98 Å². The van der Waals surface area contributed by atoms with Gasteiger partial charge < -0.3 is 14.5 Å². The first-order chi connectivity index (χ1) is 18.6. The summed E-state index contributed by atoms with van der Waals surface area (Å²) in [6, 6.07) is 11.0. The van der Waals surface area contributed by atoms with Crippen molar-refractivity contribution in [1.29, 1.82) is 0 Å². The molecule has 2 fully saturated rings. The topological polar surface area (TPSA) is 84.7 Å².